The Hall–Kier alpha value is -2.89. The van der Waals surface area contributed by atoms with Gasteiger partial charge in [0, 0.05) is 25.6 Å². The van der Waals surface area contributed by atoms with Gasteiger partial charge in [-0.05, 0) is 37.2 Å². The van der Waals surface area contributed by atoms with Crippen LogP contribution in [0.4, 0.5) is 0 Å². The van der Waals surface area contributed by atoms with Gasteiger partial charge in [-0.15, -0.1) is 0 Å². The third kappa shape index (κ3) is 6.65. The SMILES string of the molecule is CCCCN1C(=O)C(=C/C=C/c2oc3ccccc3[n+]2CCCS(=O)(=O)O)C(=O)N(CCCC)C1=S. The largest absolute Gasteiger partial charge is 0.398 e. The highest BCUT2D eigenvalue weighted by molar-refractivity contribution is 7.85. The highest BCUT2D eigenvalue weighted by Crippen LogP contribution is 2.20. The number of para-hydroxylation sites is 2. The van der Waals surface area contributed by atoms with Crippen molar-refractivity contribution in [3.05, 3.63) is 47.9 Å². The monoisotopic (exact) mass is 534 g/mol. The summed E-state index contributed by atoms with van der Waals surface area (Å²) in [4.78, 5) is 29.3. The van der Waals surface area contributed by atoms with Crippen LogP contribution in [0.15, 0.2) is 46.4 Å². The number of oxazole rings is 1. The number of aryl methyl sites for hydroxylation is 1. The molecule has 1 saturated heterocycles. The van der Waals surface area contributed by atoms with Crippen molar-refractivity contribution in [3.8, 4) is 0 Å². The van der Waals surface area contributed by atoms with E-state index < -0.39 is 21.9 Å². The lowest BCUT2D eigenvalue weighted by atomic mass is 10.1. The third-order valence-corrected chi connectivity index (χ3v) is 7.05. The first-order valence-corrected chi connectivity index (χ1v) is 14.1. The first-order valence-electron chi connectivity index (χ1n) is 12.1. The van der Waals surface area contributed by atoms with E-state index in [9.17, 15) is 18.0 Å². The molecule has 1 aliphatic heterocycles. The third-order valence-electron chi connectivity index (χ3n) is 5.81. The summed E-state index contributed by atoms with van der Waals surface area (Å²) < 4.78 is 39.1. The molecule has 2 heterocycles. The highest BCUT2D eigenvalue weighted by Gasteiger charge is 2.38. The van der Waals surface area contributed by atoms with Gasteiger partial charge in [0.05, 0.1) is 11.8 Å². The molecule has 2 amide bonds. The number of carbonyl (C=O) groups is 2. The van der Waals surface area contributed by atoms with E-state index in [2.05, 4.69) is 0 Å². The van der Waals surface area contributed by atoms with Crippen LogP contribution < -0.4 is 4.57 Å². The summed E-state index contributed by atoms with van der Waals surface area (Å²) in [6.45, 7) is 5.23. The lowest BCUT2D eigenvalue weighted by Crippen LogP contribution is -2.56. The number of aromatic nitrogens is 1. The van der Waals surface area contributed by atoms with E-state index in [0.717, 1.165) is 31.2 Å². The van der Waals surface area contributed by atoms with Crippen molar-refractivity contribution in [1.29, 1.82) is 0 Å². The molecule has 194 valence electrons. The van der Waals surface area contributed by atoms with E-state index >= 15 is 0 Å². The van der Waals surface area contributed by atoms with Crippen LogP contribution in [0.1, 0.15) is 51.8 Å². The van der Waals surface area contributed by atoms with E-state index in [4.69, 9.17) is 21.2 Å². The van der Waals surface area contributed by atoms with Crippen LogP contribution in [0.5, 0.6) is 0 Å². The zero-order chi connectivity index (χ0) is 26.3. The minimum Gasteiger partial charge on any atom is -0.398 e. The van der Waals surface area contributed by atoms with Crippen LogP contribution >= 0.6 is 12.2 Å². The average Bonchev–Trinajstić information content (AvgIpc) is 3.18. The standard InChI is InChI=1S/C25H31N3O6S2/c1-3-5-15-27-23(29)19(24(30)28(25(27)35)16-6-4-2)11-9-14-22-26(17-10-18-36(31,32)33)20-12-7-8-13-21(20)34-22/h7-9,11-14H,3-6,10,15-18H2,1-2H3/p+1/b14-9+. The van der Waals surface area contributed by atoms with Gasteiger partial charge in [-0.2, -0.15) is 13.0 Å². The predicted octanol–water partition coefficient (Wildman–Crippen LogP) is 3.49. The molecule has 1 fully saturated rings. The summed E-state index contributed by atoms with van der Waals surface area (Å²) in [6.07, 6.45) is 8.17. The number of fused-ring (bicyclic) bond motifs is 1. The Morgan fingerprint density at radius 1 is 1.03 bits per heavy atom. The van der Waals surface area contributed by atoms with Crippen molar-refractivity contribution in [2.75, 3.05) is 18.8 Å². The second-order valence-corrected chi connectivity index (χ2v) is 10.5. The van der Waals surface area contributed by atoms with Gasteiger partial charge in [0.2, 0.25) is 5.58 Å². The number of allylic oxidation sites excluding steroid dienone is 2. The second-order valence-electron chi connectivity index (χ2n) is 8.54. The molecule has 0 spiro atoms. The molecule has 9 nitrogen and oxygen atoms in total. The van der Waals surface area contributed by atoms with Gasteiger partial charge in [0.25, 0.3) is 27.4 Å². The van der Waals surface area contributed by atoms with Crippen molar-refractivity contribution in [1.82, 2.24) is 9.80 Å². The maximum Gasteiger partial charge on any atom is 0.374 e. The zero-order valence-electron chi connectivity index (χ0n) is 20.6. The zero-order valence-corrected chi connectivity index (χ0v) is 22.2. The van der Waals surface area contributed by atoms with Gasteiger partial charge < -0.3 is 4.42 Å². The predicted molar refractivity (Wildman–Crippen MR) is 140 cm³/mol. The summed E-state index contributed by atoms with van der Waals surface area (Å²) >= 11 is 5.48. The Kier molecular flexibility index (Phi) is 9.52. The summed E-state index contributed by atoms with van der Waals surface area (Å²) in [5, 5.41) is 0.252. The molecule has 0 saturated carbocycles. The Morgan fingerprint density at radius 3 is 2.22 bits per heavy atom. The van der Waals surface area contributed by atoms with Crippen molar-refractivity contribution < 1.29 is 31.5 Å². The Labute approximate surface area is 216 Å². The van der Waals surface area contributed by atoms with Crippen molar-refractivity contribution >= 4 is 56.4 Å². The molecular weight excluding hydrogens is 502 g/mol. The lowest BCUT2D eigenvalue weighted by Gasteiger charge is -2.36. The maximum atomic E-state index is 13.1. The smallest absolute Gasteiger partial charge is 0.374 e. The highest BCUT2D eigenvalue weighted by atomic mass is 32.2. The Balaban J connectivity index is 1.92. The molecule has 1 aromatic carbocycles. The molecule has 1 N–H and O–H groups in total. The Morgan fingerprint density at radius 2 is 1.64 bits per heavy atom. The Bertz CT molecular complexity index is 1260. The van der Waals surface area contributed by atoms with Crippen LogP contribution in [0.2, 0.25) is 0 Å². The number of benzene rings is 1. The fourth-order valence-corrected chi connectivity index (χ4v) is 4.75. The fraction of sp³-hybridized carbons (Fsp3) is 0.440. The molecule has 3 rings (SSSR count). The number of nitrogens with zero attached hydrogens (tertiary/aromatic N) is 3. The van der Waals surface area contributed by atoms with Crippen LogP contribution in [-0.4, -0.2) is 58.5 Å². The van der Waals surface area contributed by atoms with E-state index in [1.807, 2.05) is 32.0 Å². The van der Waals surface area contributed by atoms with E-state index in [1.54, 1.807) is 22.8 Å². The van der Waals surface area contributed by atoms with E-state index in [0.29, 0.717) is 24.6 Å². The van der Waals surface area contributed by atoms with E-state index in [1.165, 1.54) is 15.9 Å². The minimum absolute atomic E-state index is 0.0288. The van der Waals surface area contributed by atoms with Crippen LogP contribution in [0, 0.1) is 0 Å². The normalized spacial score (nSPS) is 15.1. The number of rotatable bonds is 12. The second kappa shape index (κ2) is 12.4. The molecule has 0 radical (unpaired) electrons. The van der Waals surface area contributed by atoms with Crippen LogP contribution in [0.3, 0.4) is 0 Å². The number of hydrogen-bond donors (Lipinski definition) is 1. The van der Waals surface area contributed by atoms with Gasteiger partial charge in [-0.3, -0.25) is 23.9 Å². The first-order chi connectivity index (χ1) is 17.2. The molecule has 36 heavy (non-hydrogen) atoms. The molecule has 2 aromatic rings. The summed E-state index contributed by atoms with van der Waals surface area (Å²) in [5.74, 6) is -0.792. The van der Waals surface area contributed by atoms with Crippen molar-refractivity contribution in [2.45, 2.75) is 52.5 Å². The van der Waals surface area contributed by atoms with E-state index in [-0.39, 0.29) is 29.4 Å². The minimum atomic E-state index is -4.08. The maximum absolute atomic E-state index is 13.1. The molecule has 0 unspecified atom stereocenters. The topological polar surface area (TPSA) is 112 Å². The summed E-state index contributed by atoms with van der Waals surface area (Å²) in [5.41, 5.74) is 1.39. The van der Waals surface area contributed by atoms with Gasteiger partial charge in [0.15, 0.2) is 11.7 Å². The quantitative estimate of drug-likeness (QED) is 0.146. The van der Waals surface area contributed by atoms with Gasteiger partial charge >= 0.3 is 5.89 Å². The number of unbranched alkanes of at least 4 members (excludes halogenated alkanes) is 2. The summed E-state index contributed by atoms with van der Waals surface area (Å²) in [6, 6.07) is 7.29. The van der Waals surface area contributed by atoms with Gasteiger partial charge in [-0.1, -0.05) is 44.9 Å². The van der Waals surface area contributed by atoms with Crippen molar-refractivity contribution in [2.24, 2.45) is 0 Å². The number of thiocarbonyl (C=S) groups is 1. The molecular formula is C25H32N3O6S2+. The van der Waals surface area contributed by atoms with Crippen LogP contribution in [0.25, 0.3) is 17.2 Å². The molecule has 11 heteroatoms. The molecule has 1 aromatic heterocycles. The van der Waals surface area contributed by atoms with Gasteiger partial charge in [0.1, 0.15) is 5.57 Å². The molecule has 1 aliphatic rings. The fourth-order valence-electron chi connectivity index (χ4n) is 3.91. The number of hydrogen-bond acceptors (Lipinski definition) is 6. The number of amides is 2. The van der Waals surface area contributed by atoms with Crippen LogP contribution in [-0.2, 0) is 26.3 Å². The van der Waals surface area contributed by atoms with Crippen molar-refractivity contribution in [3.63, 3.8) is 0 Å². The molecule has 0 aliphatic carbocycles. The lowest BCUT2D eigenvalue weighted by molar-refractivity contribution is -0.677. The molecule has 0 atom stereocenters. The van der Waals surface area contributed by atoms with Gasteiger partial charge in [-0.25, -0.2) is 0 Å². The summed E-state index contributed by atoms with van der Waals surface area (Å²) in [7, 11) is -4.08. The number of carbonyl (C=O) groups excluding carboxylic acids is 2. The average molecular weight is 535 g/mol. The first kappa shape index (κ1) is 27.7. The molecule has 0 bridgehead atoms.